The highest BCUT2D eigenvalue weighted by Crippen LogP contribution is 2.20. The minimum atomic E-state index is -0.229. The van der Waals surface area contributed by atoms with E-state index in [0.29, 0.717) is 12.3 Å². The summed E-state index contributed by atoms with van der Waals surface area (Å²) < 4.78 is 5.17. The zero-order chi connectivity index (χ0) is 9.26. The number of nitrogens with one attached hydrogen (secondary N) is 1. The molecule has 2 rings (SSSR count). The van der Waals surface area contributed by atoms with Crippen LogP contribution in [0.3, 0.4) is 0 Å². The van der Waals surface area contributed by atoms with E-state index in [9.17, 15) is 4.79 Å². The molecule has 3 heteroatoms. The molecule has 1 aromatic carbocycles. The van der Waals surface area contributed by atoms with Crippen molar-refractivity contribution >= 4 is 5.97 Å². The fraction of sp³-hybridized carbons (Fsp3) is 0.300. The second kappa shape index (κ2) is 3.18. The van der Waals surface area contributed by atoms with E-state index in [2.05, 4.69) is 5.32 Å². The molecule has 1 aromatic rings. The second-order valence-corrected chi connectivity index (χ2v) is 3.13. The quantitative estimate of drug-likeness (QED) is 0.476. The summed E-state index contributed by atoms with van der Waals surface area (Å²) in [5.41, 5.74) is 1.03. The van der Waals surface area contributed by atoms with Gasteiger partial charge in [0.1, 0.15) is 11.8 Å². The van der Waals surface area contributed by atoms with Crippen LogP contribution in [0.4, 0.5) is 0 Å². The number of benzene rings is 1. The largest absolute Gasteiger partial charge is 0.425 e. The highest BCUT2D eigenvalue weighted by molar-refractivity contribution is 5.78. The summed E-state index contributed by atoms with van der Waals surface area (Å²) in [4.78, 5) is 11.3. The number of hydrogen-bond donors (Lipinski definition) is 1. The molecule has 0 bridgehead atoms. The minimum absolute atomic E-state index is 0.218. The van der Waals surface area contributed by atoms with Crippen molar-refractivity contribution in [2.75, 3.05) is 0 Å². The molecule has 1 aliphatic heterocycles. The van der Waals surface area contributed by atoms with E-state index < -0.39 is 0 Å². The first kappa shape index (κ1) is 8.26. The SMILES string of the molecule is C[C@H]1NCc2ccccc2OC1=O. The molecule has 0 aliphatic carbocycles. The Hall–Kier alpha value is -1.35. The number of para-hydroxylation sites is 1. The summed E-state index contributed by atoms with van der Waals surface area (Å²) in [5, 5.41) is 3.08. The van der Waals surface area contributed by atoms with Crippen molar-refractivity contribution in [2.24, 2.45) is 0 Å². The third kappa shape index (κ3) is 1.55. The molecule has 68 valence electrons. The second-order valence-electron chi connectivity index (χ2n) is 3.13. The van der Waals surface area contributed by atoms with Crippen LogP contribution in [0.25, 0.3) is 0 Å². The minimum Gasteiger partial charge on any atom is -0.425 e. The van der Waals surface area contributed by atoms with Gasteiger partial charge in [0.25, 0.3) is 0 Å². The highest BCUT2D eigenvalue weighted by Gasteiger charge is 2.20. The lowest BCUT2D eigenvalue weighted by Gasteiger charge is -2.05. The Balaban J connectivity index is 2.35. The molecule has 13 heavy (non-hydrogen) atoms. The summed E-state index contributed by atoms with van der Waals surface area (Å²) in [6, 6.07) is 7.33. The standard InChI is InChI=1S/C10H11NO2/c1-7-10(12)13-9-5-3-2-4-8(9)6-11-7/h2-5,7,11H,6H2,1H3/t7-/m1/s1. The van der Waals surface area contributed by atoms with Crippen molar-refractivity contribution in [1.29, 1.82) is 0 Å². The average molecular weight is 177 g/mol. The van der Waals surface area contributed by atoms with E-state index in [-0.39, 0.29) is 12.0 Å². The molecule has 0 radical (unpaired) electrons. The Labute approximate surface area is 76.7 Å². The van der Waals surface area contributed by atoms with E-state index in [1.165, 1.54) is 0 Å². The molecule has 0 saturated heterocycles. The fourth-order valence-corrected chi connectivity index (χ4v) is 1.29. The maximum atomic E-state index is 11.3. The number of hydrogen-bond acceptors (Lipinski definition) is 3. The molecule has 3 nitrogen and oxygen atoms in total. The number of carbonyl (C=O) groups is 1. The van der Waals surface area contributed by atoms with Crippen LogP contribution in [0.15, 0.2) is 24.3 Å². The number of esters is 1. The van der Waals surface area contributed by atoms with E-state index in [1.807, 2.05) is 24.3 Å². The van der Waals surface area contributed by atoms with Gasteiger partial charge in [0.15, 0.2) is 0 Å². The van der Waals surface area contributed by atoms with Crippen molar-refractivity contribution in [3.05, 3.63) is 29.8 Å². The number of fused-ring (bicyclic) bond motifs is 1. The summed E-state index contributed by atoms with van der Waals surface area (Å²) in [6.07, 6.45) is 0. The van der Waals surface area contributed by atoms with Gasteiger partial charge in [0, 0.05) is 12.1 Å². The molecule has 0 aromatic heterocycles. The molecule has 1 aliphatic rings. The van der Waals surface area contributed by atoms with Gasteiger partial charge >= 0.3 is 5.97 Å². The monoisotopic (exact) mass is 177 g/mol. The van der Waals surface area contributed by atoms with Gasteiger partial charge in [-0.2, -0.15) is 0 Å². The lowest BCUT2D eigenvalue weighted by atomic mass is 10.2. The smallest absolute Gasteiger partial charge is 0.328 e. The Bertz CT molecular complexity index is 335. The van der Waals surface area contributed by atoms with Gasteiger partial charge in [0.05, 0.1) is 0 Å². The Morgan fingerprint density at radius 1 is 1.46 bits per heavy atom. The molecule has 1 heterocycles. The molecule has 1 atom stereocenters. The fourth-order valence-electron chi connectivity index (χ4n) is 1.29. The third-order valence-electron chi connectivity index (χ3n) is 2.14. The molecule has 0 spiro atoms. The molecule has 0 fully saturated rings. The summed E-state index contributed by atoms with van der Waals surface area (Å²) in [7, 11) is 0. The average Bonchev–Trinajstić information content (AvgIpc) is 2.28. The van der Waals surface area contributed by atoms with Crippen LogP contribution >= 0.6 is 0 Å². The maximum Gasteiger partial charge on any atom is 0.328 e. The zero-order valence-corrected chi connectivity index (χ0v) is 7.41. The number of carbonyl (C=O) groups excluding carboxylic acids is 1. The lowest BCUT2D eigenvalue weighted by molar-refractivity contribution is -0.135. The summed E-state index contributed by atoms with van der Waals surface area (Å²) in [6.45, 7) is 2.48. The van der Waals surface area contributed by atoms with Crippen molar-refractivity contribution in [3.8, 4) is 5.75 Å². The van der Waals surface area contributed by atoms with Crippen LogP contribution in [0.5, 0.6) is 5.75 Å². The molecule has 1 N–H and O–H groups in total. The van der Waals surface area contributed by atoms with Gasteiger partial charge in [-0.1, -0.05) is 18.2 Å². The van der Waals surface area contributed by atoms with Gasteiger partial charge < -0.3 is 10.1 Å². The highest BCUT2D eigenvalue weighted by atomic mass is 16.5. The lowest BCUT2D eigenvalue weighted by Crippen LogP contribution is -2.33. The maximum absolute atomic E-state index is 11.3. The van der Waals surface area contributed by atoms with Crippen LogP contribution in [-0.4, -0.2) is 12.0 Å². The van der Waals surface area contributed by atoms with Gasteiger partial charge in [-0.05, 0) is 13.0 Å². The topological polar surface area (TPSA) is 38.3 Å². The van der Waals surface area contributed by atoms with E-state index in [0.717, 1.165) is 5.56 Å². The third-order valence-corrected chi connectivity index (χ3v) is 2.14. The first-order chi connectivity index (χ1) is 6.27. The first-order valence-corrected chi connectivity index (χ1v) is 4.30. The molecular formula is C10H11NO2. The Morgan fingerprint density at radius 3 is 3.08 bits per heavy atom. The van der Waals surface area contributed by atoms with Crippen LogP contribution < -0.4 is 10.1 Å². The van der Waals surface area contributed by atoms with Crippen LogP contribution in [0.2, 0.25) is 0 Å². The van der Waals surface area contributed by atoms with Crippen molar-refractivity contribution in [3.63, 3.8) is 0 Å². The predicted molar refractivity (Wildman–Crippen MR) is 48.4 cm³/mol. The Kier molecular flexibility index (Phi) is 2.02. The van der Waals surface area contributed by atoms with E-state index in [1.54, 1.807) is 6.92 Å². The van der Waals surface area contributed by atoms with Crippen molar-refractivity contribution < 1.29 is 9.53 Å². The predicted octanol–water partition coefficient (Wildman–Crippen LogP) is 1.08. The van der Waals surface area contributed by atoms with Gasteiger partial charge in [0.2, 0.25) is 0 Å². The van der Waals surface area contributed by atoms with Gasteiger partial charge in [-0.15, -0.1) is 0 Å². The van der Waals surface area contributed by atoms with Crippen molar-refractivity contribution in [2.45, 2.75) is 19.5 Å². The molecular weight excluding hydrogens is 166 g/mol. The van der Waals surface area contributed by atoms with E-state index in [4.69, 9.17) is 4.74 Å². The Morgan fingerprint density at radius 2 is 2.23 bits per heavy atom. The number of rotatable bonds is 0. The first-order valence-electron chi connectivity index (χ1n) is 4.30. The summed E-state index contributed by atoms with van der Waals surface area (Å²) >= 11 is 0. The molecule has 0 saturated carbocycles. The van der Waals surface area contributed by atoms with Gasteiger partial charge in [-0.3, -0.25) is 0 Å². The van der Waals surface area contributed by atoms with Crippen LogP contribution in [-0.2, 0) is 11.3 Å². The normalized spacial score (nSPS) is 21.6. The van der Waals surface area contributed by atoms with Crippen molar-refractivity contribution in [1.82, 2.24) is 5.32 Å². The molecule has 0 amide bonds. The van der Waals surface area contributed by atoms with Crippen LogP contribution in [0.1, 0.15) is 12.5 Å². The summed E-state index contributed by atoms with van der Waals surface area (Å²) in [5.74, 6) is 0.453. The molecule has 0 unspecified atom stereocenters. The van der Waals surface area contributed by atoms with E-state index >= 15 is 0 Å². The zero-order valence-electron chi connectivity index (χ0n) is 7.41. The van der Waals surface area contributed by atoms with Crippen LogP contribution in [0, 0.1) is 0 Å². The van der Waals surface area contributed by atoms with Gasteiger partial charge in [-0.25, -0.2) is 4.79 Å². The number of ether oxygens (including phenoxy) is 1.